The van der Waals surface area contributed by atoms with Gasteiger partial charge in [-0.15, -0.1) is 0 Å². The first kappa shape index (κ1) is 12.3. The van der Waals surface area contributed by atoms with Crippen LogP contribution in [0.15, 0.2) is 0 Å². The van der Waals surface area contributed by atoms with Crippen molar-refractivity contribution < 1.29 is 9.53 Å². The third kappa shape index (κ3) is 4.08. The molecule has 1 atom stereocenters. The van der Waals surface area contributed by atoms with Crippen LogP contribution in [0.25, 0.3) is 0 Å². The van der Waals surface area contributed by atoms with Crippen LogP contribution in [0.5, 0.6) is 0 Å². The molecule has 1 amide bonds. The van der Waals surface area contributed by atoms with Crippen molar-refractivity contribution in [1.29, 1.82) is 0 Å². The van der Waals surface area contributed by atoms with Crippen LogP contribution in [0.4, 0.5) is 4.79 Å². The van der Waals surface area contributed by atoms with Crippen LogP contribution in [0.3, 0.4) is 0 Å². The lowest BCUT2D eigenvalue weighted by Gasteiger charge is -2.34. The van der Waals surface area contributed by atoms with Crippen molar-refractivity contribution in [2.75, 3.05) is 13.1 Å². The normalized spacial score (nSPS) is 24.6. The summed E-state index contributed by atoms with van der Waals surface area (Å²) in [6.45, 7) is 8.68. The summed E-state index contributed by atoms with van der Waals surface area (Å²) in [5.74, 6) is 0. The first-order valence-corrected chi connectivity index (χ1v) is 5.61. The van der Waals surface area contributed by atoms with E-state index in [9.17, 15) is 4.79 Å². The summed E-state index contributed by atoms with van der Waals surface area (Å²) in [7, 11) is 0. The van der Waals surface area contributed by atoms with E-state index in [1.807, 2.05) is 0 Å². The maximum Gasteiger partial charge on any atom is 0.404 e. The van der Waals surface area contributed by atoms with Gasteiger partial charge in [-0.05, 0) is 46.6 Å². The molecular weight excluding hydrogens is 192 g/mol. The van der Waals surface area contributed by atoms with Gasteiger partial charge in [0.1, 0.15) is 6.10 Å². The predicted molar refractivity (Wildman–Crippen MR) is 59.6 cm³/mol. The maximum atomic E-state index is 10.6. The summed E-state index contributed by atoms with van der Waals surface area (Å²) < 4.78 is 5.04. The first-order valence-electron chi connectivity index (χ1n) is 5.61. The number of rotatable bonds is 1. The molecule has 0 bridgehead atoms. The van der Waals surface area contributed by atoms with E-state index in [1.54, 1.807) is 0 Å². The van der Waals surface area contributed by atoms with E-state index in [0.717, 1.165) is 32.4 Å². The maximum absolute atomic E-state index is 10.6. The van der Waals surface area contributed by atoms with Crippen molar-refractivity contribution in [3.63, 3.8) is 0 Å². The van der Waals surface area contributed by atoms with E-state index in [-0.39, 0.29) is 11.6 Å². The lowest BCUT2D eigenvalue weighted by molar-refractivity contribution is 0.0909. The van der Waals surface area contributed by atoms with Crippen LogP contribution in [-0.2, 0) is 4.74 Å². The Hall–Kier alpha value is -0.770. The number of carbonyl (C=O) groups excluding carboxylic acids is 1. The van der Waals surface area contributed by atoms with Crippen LogP contribution in [0, 0.1) is 0 Å². The van der Waals surface area contributed by atoms with Crippen LogP contribution >= 0.6 is 0 Å². The molecule has 0 aromatic heterocycles. The summed E-state index contributed by atoms with van der Waals surface area (Å²) in [4.78, 5) is 13.1. The molecular formula is C11H22N2O2. The number of likely N-dealkylation sites (tertiary alicyclic amines) is 1. The Morgan fingerprint density at radius 1 is 1.33 bits per heavy atom. The Bertz CT molecular complexity index is 223. The second-order valence-corrected chi connectivity index (χ2v) is 5.15. The topological polar surface area (TPSA) is 55.6 Å². The zero-order chi connectivity index (χ0) is 11.5. The minimum atomic E-state index is -0.649. The molecule has 1 saturated heterocycles. The molecule has 4 heteroatoms. The highest BCUT2D eigenvalue weighted by atomic mass is 16.6. The van der Waals surface area contributed by atoms with Gasteiger partial charge in [-0.2, -0.15) is 0 Å². The molecule has 1 rings (SSSR count). The van der Waals surface area contributed by atoms with Gasteiger partial charge in [0.25, 0.3) is 0 Å². The number of hydrogen-bond acceptors (Lipinski definition) is 3. The Labute approximate surface area is 91.8 Å². The third-order valence-corrected chi connectivity index (χ3v) is 2.91. The van der Waals surface area contributed by atoms with Gasteiger partial charge in [0.2, 0.25) is 0 Å². The standard InChI is InChI=1S/C11H22N2O2/c1-11(2,3)13-7-4-5-9(6-8-13)15-10(12)14/h9H,4-8H2,1-3H3,(H2,12,14). The van der Waals surface area contributed by atoms with E-state index in [2.05, 4.69) is 25.7 Å². The van der Waals surface area contributed by atoms with Crippen molar-refractivity contribution in [1.82, 2.24) is 4.90 Å². The highest BCUT2D eigenvalue weighted by molar-refractivity contribution is 5.64. The SMILES string of the molecule is CC(C)(C)N1CCCC(OC(N)=O)CC1. The number of carbonyl (C=O) groups is 1. The number of nitrogens with two attached hydrogens (primary N) is 1. The van der Waals surface area contributed by atoms with E-state index in [4.69, 9.17) is 10.5 Å². The lowest BCUT2D eigenvalue weighted by atomic mass is 10.1. The Morgan fingerprint density at radius 3 is 2.53 bits per heavy atom. The second kappa shape index (κ2) is 4.84. The molecule has 1 fully saturated rings. The predicted octanol–water partition coefficient (Wildman–Crippen LogP) is 1.73. The number of amides is 1. The molecule has 0 aliphatic carbocycles. The molecule has 1 heterocycles. The van der Waals surface area contributed by atoms with E-state index >= 15 is 0 Å². The fraction of sp³-hybridized carbons (Fsp3) is 0.909. The zero-order valence-electron chi connectivity index (χ0n) is 9.95. The largest absolute Gasteiger partial charge is 0.446 e. The van der Waals surface area contributed by atoms with Gasteiger partial charge in [0.05, 0.1) is 0 Å². The smallest absolute Gasteiger partial charge is 0.404 e. The lowest BCUT2D eigenvalue weighted by Crippen LogP contribution is -2.42. The third-order valence-electron chi connectivity index (χ3n) is 2.91. The van der Waals surface area contributed by atoms with Gasteiger partial charge in [-0.3, -0.25) is 4.90 Å². The molecule has 0 radical (unpaired) electrons. The van der Waals surface area contributed by atoms with Crippen molar-refractivity contribution in [2.45, 2.75) is 51.7 Å². The van der Waals surface area contributed by atoms with Gasteiger partial charge in [-0.1, -0.05) is 0 Å². The molecule has 0 spiro atoms. The Kier molecular flexibility index (Phi) is 3.97. The van der Waals surface area contributed by atoms with Gasteiger partial charge >= 0.3 is 6.09 Å². The number of primary amides is 1. The van der Waals surface area contributed by atoms with Gasteiger partial charge in [0, 0.05) is 12.1 Å². The van der Waals surface area contributed by atoms with Crippen molar-refractivity contribution in [3.8, 4) is 0 Å². The molecule has 15 heavy (non-hydrogen) atoms. The molecule has 2 N–H and O–H groups in total. The van der Waals surface area contributed by atoms with Crippen LogP contribution in [0.2, 0.25) is 0 Å². The van der Waals surface area contributed by atoms with Crippen molar-refractivity contribution >= 4 is 6.09 Å². The number of ether oxygens (including phenoxy) is 1. The van der Waals surface area contributed by atoms with E-state index in [1.165, 1.54) is 0 Å². The summed E-state index contributed by atoms with van der Waals surface area (Å²) in [5.41, 5.74) is 5.22. The number of hydrogen-bond donors (Lipinski definition) is 1. The quantitative estimate of drug-likeness (QED) is 0.723. The minimum absolute atomic E-state index is 0.00912. The van der Waals surface area contributed by atoms with Gasteiger partial charge < -0.3 is 10.5 Å². The fourth-order valence-electron chi connectivity index (χ4n) is 2.02. The molecule has 4 nitrogen and oxygen atoms in total. The Morgan fingerprint density at radius 2 is 2.00 bits per heavy atom. The highest BCUT2D eigenvalue weighted by Crippen LogP contribution is 2.21. The van der Waals surface area contributed by atoms with E-state index < -0.39 is 6.09 Å². The fourth-order valence-corrected chi connectivity index (χ4v) is 2.02. The van der Waals surface area contributed by atoms with Crippen molar-refractivity contribution in [3.05, 3.63) is 0 Å². The molecule has 0 saturated carbocycles. The van der Waals surface area contributed by atoms with Crippen molar-refractivity contribution in [2.24, 2.45) is 5.73 Å². The second-order valence-electron chi connectivity index (χ2n) is 5.15. The molecule has 88 valence electrons. The average molecular weight is 214 g/mol. The zero-order valence-corrected chi connectivity index (χ0v) is 9.95. The van der Waals surface area contributed by atoms with Crippen LogP contribution < -0.4 is 5.73 Å². The molecule has 0 aromatic carbocycles. The van der Waals surface area contributed by atoms with Gasteiger partial charge in [0.15, 0.2) is 0 Å². The Balaban J connectivity index is 2.45. The highest BCUT2D eigenvalue weighted by Gasteiger charge is 2.25. The average Bonchev–Trinajstić information content (AvgIpc) is 2.27. The summed E-state index contributed by atoms with van der Waals surface area (Å²) in [6, 6.07) is 0. The molecule has 1 unspecified atom stereocenters. The molecule has 1 aliphatic rings. The summed E-state index contributed by atoms with van der Waals surface area (Å²) >= 11 is 0. The molecule has 0 aromatic rings. The first-order chi connectivity index (χ1) is 6.89. The van der Waals surface area contributed by atoms with E-state index in [0.29, 0.717) is 0 Å². The van der Waals surface area contributed by atoms with Crippen LogP contribution in [-0.4, -0.2) is 35.7 Å². The monoisotopic (exact) mass is 214 g/mol. The van der Waals surface area contributed by atoms with Gasteiger partial charge in [-0.25, -0.2) is 4.79 Å². The van der Waals surface area contributed by atoms with Crippen LogP contribution in [0.1, 0.15) is 40.0 Å². The summed E-state index contributed by atoms with van der Waals surface area (Å²) in [6.07, 6.45) is 2.24. The molecule has 1 aliphatic heterocycles. The number of nitrogens with zero attached hydrogens (tertiary/aromatic N) is 1. The summed E-state index contributed by atoms with van der Waals surface area (Å²) in [5, 5.41) is 0. The minimum Gasteiger partial charge on any atom is -0.446 e.